The molecule has 2 atom stereocenters. The van der Waals surface area contributed by atoms with Crippen LogP contribution in [0.1, 0.15) is 71.6 Å². The summed E-state index contributed by atoms with van der Waals surface area (Å²) in [6.45, 7) is 7.73. The molecule has 1 rings (SSSR count). The van der Waals surface area contributed by atoms with Crippen molar-refractivity contribution in [1.29, 1.82) is 0 Å². The van der Waals surface area contributed by atoms with Crippen molar-refractivity contribution >= 4 is 0 Å². The molecule has 1 aliphatic rings. The van der Waals surface area contributed by atoms with Gasteiger partial charge < -0.3 is 14.8 Å². The van der Waals surface area contributed by atoms with Gasteiger partial charge in [-0.2, -0.15) is 0 Å². The van der Waals surface area contributed by atoms with E-state index in [-0.39, 0.29) is 6.10 Å². The van der Waals surface area contributed by atoms with Crippen LogP contribution in [0.3, 0.4) is 0 Å². The number of hydrogen-bond acceptors (Lipinski definition) is 3. The zero-order valence-electron chi connectivity index (χ0n) is 13.7. The quantitative estimate of drug-likeness (QED) is 0.551. The lowest BCUT2D eigenvalue weighted by Gasteiger charge is -2.31. The Bertz CT molecular complexity index is 205. The van der Waals surface area contributed by atoms with Gasteiger partial charge in [0.1, 0.15) is 0 Å². The predicted octanol–water partition coefficient (Wildman–Crippen LogP) is 3.91. The van der Waals surface area contributed by atoms with Crippen LogP contribution in [0.4, 0.5) is 0 Å². The van der Waals surface area contributed by atoms with E-state index in [0.29, 0.717) is 6.04 Å². The lowest BCUT2D eigenvalue weighted by atomic mass is 10.0. The highest BCUT2D eigenvalue weighted by atomic mass is 16.6. The fourth-order valence-electron chi connectivity index (χ4n) is 2.92. The molecule has 120 valence electrons. The molecule has 0 aromatic rings. The SMILES string of the molecule is CCCCCCCCCCC(NCC)C1COCCO1. The summed E-state index contributed by atoms with van der Waals surface area (Å²) in [5.41, 5.74) is 0. The molecule has 0 aromatic carbocycles. The van der Waals surface area contributed by atoms with Crippen molar-refractivity contribution in [2.24, 2.45) is 0 Å². The van der Waals surface area contributed by atoms with Crippen molar-refractivity contribution in [2.45, 2.75) is 83.8 Å². The van der Waals surface area contributed by atoms with Gasteiger partial charge in [-0.3, -0.25) is 0 Å². The van der Waals surface area contributed by atoms with Gasteiger partial charge in [0.2, 0.25) is 0 Å². The van der Waals surface area contributed by atoms with E-state index < -0.39 is 0 Å². The first-order valence-corrected chi connectivity index (χ1v) is 8.81. The van der Waals surface area contributed by atoms with Crippen LogP contribution in [-0.2, 0) is 9.47 Å². The van der Waals surface area contributed by atoms with Crippen LogP contribution in [0.15, 0.2) is 0 Å². The molecule has 2 unspecified atom stereocenters. The topological polar surface area (TPSA) is 30.5 Å². The fraction of sp³-hybridized carbons (Fsp3) is 1.00. The molecule has 1 saturated heterocycles. The molecule has 0 radical (unpaired) electrons. The van der Waals surface area contributed by atoms with Crippen LogP contribution in [0.25, 0.3) is 0 Å². The molecule has 0 aliphatic carbocycles. The number of likely N-dealkylation sites (N-methyl/N-ethyl adjacent to an activating group) is 1. The Labute approximate surface area is 125 Å². The summed E-state index contributed by atoms with van der Waals surface area (Å²) < 4.78 is 11.4. The molecule has 0 aromatic heterocycles. The summed E-state index contributed by atoms with van der Waals surface area (Å²) in [6.07, 6.45) is 12.5. The first-order chi connectivity index (χ1) is 9.88. The zero-order valence-corrected chi connectivity index (χ0v) is 13.7. The van der Waals surface area contributed by atoms with E-state index in [1.807, 2.05) is 0 Å². The first-order valence-electron chi connectivity index (χ1n) is 8.81. The van der Waals surface area contributed by atoms with E-state index in [1.54, 1.807) is 0 Å². The molecule has 3 heteroatoms. The van der Waals surface area contributed by atoms with Crippen LogP contribution in [0.2, 0.25) is 0 Å². The third-order valence-electron chi connectivity index (χ3n) is 4.13. The minimum absolute atomic E-state index is 0.258. The second kappa shape index (κ2) is 12.6. The molecule has 0 saturated carbocycles. The van der Waals surface area contributed by atoms with Crippen LogP contribution in [-0.4, -0.2) is 38.5 Å². The summed E-state index contributed by atoms with van der Waals surface area (Å²) in [5, 5.41) is 3.57. The largest absolute Gasteiger partial charge is 0.376 e. The van der Waals surface area contributed by atoms with Gasteiger partial charge in [0.25, 0.3) is 0 Å². The molecular weight excluding hydrogens is 250 g/mol. The van der Waals surface area contributed by atoms with E-state index in [2.05, 4.69) is 19.2 Å². The summed E-state index contributed by atoms with van der Waals surface area (Å²) in [4.78, 5) is 0. The molecular formula is C17H35NO2. The van der Waals surface area contributed by atoms with Crippen molar-refractivity contribution < 1.29 is 9.47 Å². The van der Waals surface area contributed by atoms with Gasteiger partial charge in [-0.25, -0.2) is 0 Å². The fourth-order valence-corrected chi connectivity index (χ4v) is 2.92. The number of rotatable bonds is 12. The maximum atomic E-state index is 5.83. The third-order valence-corrected chi connectivity index (χ3v) is 4.13. The van der Waals surface area contributed by atoms with Crippen molar-refractivity contribution in [1.82, 2.24) is 5.32 Å². The molecule has 3 nitrogen and oxygen atoms in total. The summed E-state index contributed by atoms with van der Waals surface area (Å²) >= 11 is 0. The van der Waals surface area contributed by atoms with Gasteiger partial charge in [-0.15, -0.1) is 0 Å². The van der Waals surface area contributed by atoms with Gasteiger partial charge in [0.15, 0.2) is 0 Å². The Morgan fingerprint density at radius 3 is 2.25 bits per heavy atom. The van der Waals surface area contributed by atoms with Crippen molar-refractivity contribution in [3.8, 4) is 0 Å². The van der Waals surface area contributed by atoms with Crippen molar-refractivity contribution in [3.05, 3.63) is 0 Å². The molecule has 1 fully saturated rings. The first kappa shape index (κ1) is 17.9. The number of ether oxygens (including phenoxy) is 2. The summed E-state index contributed by atoms with van der Waals surface area (Å²) in [6, 6.07) is 0.473. The lowest BCUT2D eigenvalue weighted by Crippen LogP contribution is -2.46. The van der Waals surface area contributed by atoms with Gasteiger partial charge >= 0.3 is 0 Å². The molecule has 1 N–H and O–H groups in total. The maximum Gasteiger partial charge on any atom is 0.0962 e. The van der Waals surface area contributed by atoms with Crippen molar-refractivity contribution in [2.75, 3.05) is 26.4 Å². The average molecular weight is 285 g/mol. The second-order valence-electron chi connectivity index (χ2n) is 5.91. The van der Waals surface area contributed by atoms with Crippen LogP contribution in [0.5, 0.6) is 0 Å². The molecule has 0 bridgehead atoms. The number of hydrogen-bond donors (Lipinski definition) is 1. The smallest absolute Gasteiger partial charge is 0.0962 e. The Hall–Kier alpha value is -0.120. The van der Waals surface area contributed by atoms with Gasteiger partial charge in [0, 0.05) is 6.04 Å². The Morgan fingerprint density at radius 2 is 1.65 bits per heavy atom. The van der Waals surface area contributed by atoms with E-state index in [1.165, 1.54) is 57.8 Å². The number of nitrogens with one attached hydrogen (secondary N) is 1. The third kappa shape index (κ3) is 8.23. The van der Waals surface area contributed by atoms with Gasteiger partial charge in [-0.1, -0.05) is 65.2 Å². The monoisotopic (exact) mass is 285 g/mol. The molecule has 20 heavy (non-hydrogen) atoms. The minimum atomic E-state index is 0.258. The van der Waals surface area contributed by atoms with E-state index in [4.69, 9.17) is 9.47 Å². The van der Waals surface area contributed by atoms with E-state index in [0.717, 1.165) is 26.4 Å². The van der Waals surface area contributed by atoms with Crippen LogP contribution in [0, 0.1) is 0 Å². The average Bonchev–Trinajstić information content (AvgIpc) is 2.50. The lowest BCUT2D eigenvalue weighted by molar-refractivity contribution is -0.102. The standard InChI is InChI=1S/C17H35NO2/c1-3-5-6-7-8-9-10-11-12-16(18-4-2)17-15-19-13-14-20-17/h16-18H,3-15H2,1-2H3. The normalized spacial score (nSPS) is 21.0. The van der Waals surface area contributed by atoms with Crippen molar-refractivity contribution in [3.63, 3.8) is 0 Å². The summed E-state index contributed by atoms with van der Waals surface area (Å²) in [7, 11) is 0. The zero-order chi connectivity index (χ0) is 14.5. The van der Waals surface area contributed by atoms with E-state index in [9.17, 15) is 0 Å². The van der Waals surface area contributed by atoms with Crippen LogP contribution < -0.4 is 5.32 Å². The highest BCUT2D eigenvalue weighted by molar-refractivity contribution is 4.78. The predicted molar refractivity (Wildman–Crippen MR) is 85.3 cm³/mol. The molecule has 1 aliphatic heterocycles. The van der Waals surface area contributed by atoms with Gasteiger partial charge in [-0.05, 0) is 13.0 Å². The second-order valence-corrected chi connectivity index (χ2v) is 5.91. The highest BCUT2D eigenvalue weighted by Gasteiger charge is 2.23. The Balaban J connectivity index is 2.03. The maximum absolute atomic E-state index is 5.83. The summed E-state index contributed by atoms with van der Waals surface area (Å²) in [5.74, 6) is 0. The number of unbranched alkanes of at least 4 members (excludes halogenated alkanes) is 7. The van der Waals surface area contributed by atoms with E-state index >= 15 is 0 Å². The molecule has 0 amide bonds. The Morgan fingerprint density at radius 1 is 0.950 bits per heavy atom. The molecule has 0 spiro atoms. The molecule has 1 heterocycles. The Kier molecular flexibility index (Phi) is 11.3. The van der Waals surface area contributed by atoms with Crippen LogP contribution >= 0.6 is 0 Å². The van der Waals surface area contributed by atoms with Gasteiger partial charge in [0.05, 0.1) is 25.9 Å². The minimum Gasteiger partial charge on any atom is -0.376 e. The highest BCUT2D eigenvalue weighted by Crippen LogP contribution is 2.15.